The van der Waals surface area contributed by atoms with Crippen LogP contribution in [-0.4, -0.2) is 30.9 Å². The van der Waals surface area contributed by atoms with Gasteiger partial charge in [-0.05, 0) is 18.2 Å². The van der Waals surface area contributed by atoms with Gasteiger partial charge in [-0.3, -0.25) is 9.59 Å². The highest BCUT2D eigenvalue weighted by Crippen LogP contribution is 2.27. The highest BCUT2D eigenvalue weighted by molar-refractivity contribution is 6.17. The monoisotopic (exact) mass is 274 g/mol. The van der Waals surface area contributed by atoms with Crippen molar-refractivity contribution >= 4 is 11.6 Å². The number of phenolic OH excluding ortho intramolecular Hbond substituents is 1. The zero-order valence-corrected chi connectivity index (χ0v) is 11.1. The number of carbonyl (C=O) groups excluding carboxylic acids is 2. The first-order chi connectivity index (χ1) is 9.56. The van der Waals surface area contributed by atoms with Gasteiger partial charge in [0.1, 0.15) is 23.2 Å². The van der Waals surface area contributed by atoms with E-state index in [0.717, 1.165) is 0 Å². The smallest absolute Gasteiger partial charge is 0.181 e. The molecule has 0 fully saturated rings. The van der Waals surface area contributed by atoms with Crippen LogP contribution < -0.4 is 4.74 Å². The Balaban J connectivity index is 2.27. The van der Waals surface area contributed by atoms with Crippen LogP contribution in [0.2, 0.25) is 0 Å². The number of hydrogen-bond donors (Lipinski definition) is 1. The molecule has 5 nitrogen and oxygen atoms in total. The topological polar surface area (TPSA) is 72.8 Å². The van der Waals surface area contributed by atoms with Crippen LogP contribution in [0.25, 0.3) is 0 Å². The number of phenols is 1. The lowest BCUT2D eigenvalue weighted by atomic mass is 9.90. The lowest BCUT2D eigenvalue weighted by Crippen LogP contribution is -2.23. The summed E-state index contributed by atoms with van der Waals surface area (Å²) in [5, 5.41) is 9.83. The van der Waals surface area contributed by atoms with E-state index in [1.807, 2.05) is 0 Å². The fourth-order valence-corrected chi connectivity index (χ4v) is 1.92. The van der Waals surface area contributed by atoms with E-state index in [1.165, 1.54) is 38.5 Å². The maximum atomic E-state index is 12.3. The van der Waals surface area contributed by atoms with Gasteiger partial charge >= 0.3 is 0 Å². The van der Waals surface area contributed by atoms with Gasteiger partial charge in [0.05, 0.1) is 19.8 Å². The van der Waals surface area contributed by atoms with Crippen LogP contribution in [0.1, 0.15) is 10.4 Å². The van der Waals surface area contributed by atoms with Crippen LogP contribution in [0.5, 0.6) is 11.5 Å². The number of ether oxygens (including phenoxy) is 2. The predicted molar refractivity (Wildman–Crippen MR) is 71.7 cm³/mol. The summed E-state index contributed by atoms with van der Waals surface area (Å²) in [6.07, 6.45) is 4.29. The molecule has 2 rings (SSSR count). The molecule has 0 aliphatic heterocycles. The largest absolute Gasteiger partial charge is 0.507 e. The molecule has 1 aliphatic carbocycles. The Kier molecular flexibility index (Phi) is 3.89. The number of rotatable bonds is 4. The molecule has 0 bridgehead atoms. The van der Waals surface area contributed by atoms with E-state index in [-0.39, 0.29) is 17.1 Å². The number of benzene rings is 1. The maximum Gasteiger partial charge on any atom is 0.181 e. The highest BCUT2D eigenvalue weighted by atomic mass is 16.5. The quantitative estimate of drug-likeness (QED) is 0.670. The van der Waals surface area contributed by atoms with E-state index in [1.54, 1.807) is 12.1 Å². The first-order valence-electron chi connectivity index (χ1n) is 5.95. The lowest BCUT2D eigenvalue weighted by Gasteiger charge is -2.14. The molecule has 1 N–H and O–H groups in total. The summed E-state index contributed by atoms with van der Waals surface area (Å²) in [7, 11) is 2.90. The second-order valence-corrected chi connectivity index (χ2v) is 4.24. The van der Waals surface area contributed by atoms with Crippen molar-refractivity contribution in [1.29, 1.82) is 0 Å². The average molecular weight is 274 g/mol. The van der Waals surface area contributed by atoms with Crippen LogP contribution >= 0.6 is 0 Å². The number of allylic oxidation sites excluding steroid dienone is 3. The Bertz CT molecular complexity index is 613. The lowest BCUT2D eigenvalue weighted by molar-refractivity contribution is -0.116. The van der Waals surface area contributed by atoms with Gasteiger partial charge in [0.15, 0.2) is 11.6 Å². The summed E-state index contributed by atoms with van der Waals surface area (Å²) >= 11 is 0. The second-order valence-electron chi connectivity index (χ2n) is 4.24. The van der Waals surface area contributed by atoms with Crippen molar-refractivity contribution < 1.29 is 24.2 Å². The van der Waals surface area contributed by atoms with Crippen molar-refractivity contribution in [3.63, 3.8) is 0 Å². The number of methoxy groups -OCH3 is 2. The van der Waals surface area contributed by atoms with Gasteiger partial charge in [-0.1, -0.05) is 6.08 Å². The van der Waals surface area contributed by atoms with Gasteiger partial charge in [-0.2, -0.15) is 0 Å². The molecule has 1 atom stereocenters. The SMILES string of the molecule is COC1=CC(=O)C(C(=O)c2ccc(OC)cc2O)C=C1. The number of aromatic hydroxyl groups is 1. The number of hydrogen-bond acceptors (Lipinski definition) is 5. The molecule has 0 saturated carbocycles. The molecule has 0 saturated heterocycles. The standard InChI is InChI=1S/C15H14O5/c1-19-9-3-5-11(13(16)7-9)15(18)12-6-4-10(20-2)8-14(12)17/h3-8,11,17H,1-2H3. The third-order valence-corrected chi connectivity index (χ3v) is 3.03. The zero-order valence-electron chi connectivity index (χ0n) is 11.1. The Morgan fingerprint density at radius 2 is 2.00 bits per heavy atom. The molecule has 0 radical (unpaired) electrons. The Morgan fingerprint density at radius 3 is 2.55 bits per heavy atom. The normalized spacial score (nSPS) is 17.6. The van der Waals surface area contributed by atoms with Gasteiger partial charge in [0.25, 0.3) is 0 Å². The molecule has 5 heteroatoms. The minimum Gasteiger partial charge on any atom is -0.507 e. The highest BCUT2D eigenvalue weighted by Gasteiger charge is 2.28. The van der Waals surface area contributed by atoms with Crippen molar-refractivity contribution in [2.45, 2.75) is 0 Å². The molecule has 104 valence electrons. The molecule has 0 spiro atoms. The van der Waals surface area contributed by atoms with Crippen molar-refractivity contribution in [3.8, 4) is 11.5 Å². The van der Waals surface area contributed by atoms with Crippen molar-refractivity contribution in [3.05, 3.63) is 47.7 Å². The van der Waals surface area contributed by atoms with E-state index >= 15 is 0 Å². The van der Waals surface area contributed by atoms with Crippen molar-refractivity contribution in [1.82, 2.24) is 0 Å². The molecular formula is C15H14O5. The zero-order chi connectivity index (χ0) is 14.7. The Hall–Kier alpha value is -2.56. The molecule has 20 heavy (non-hydrogen) atoms. The summed E-state index contributed by atoms with van der Waals surface area (Å²) in [6.45, 7) is 0. The second kappa shape index (κ2) is 5.61. The third kappa shape index (κ3) is 2.56. The molecule has 1 unspecified atom stereocenters. The fraction of sp³-hybridized carbons (Fsp3) is 0.200. The van der Waals surface area contributed by atoms with E-state index < -0.39 is 11.7 Å². The molecule has 0 amide bonds. The van der Waals surface area contributed by atoms with Gasteiger partial charge in [-0.15, -0.1) is 0 Å². The average Bonchev–Trinajstić information content (AvgIpc) is 2.46. The van der Waals surface area contributed by atoms with Crippen LogP contribution in [-0.2, 0) is 9.53 Å². The fourth-order valence-electron chi connectivity index (χ4n) is 1.92. The Labute approximate surface area is 116 Å². The summed E-state index contributed by atoms with van der Waals surface area (Å²) in [6, 6.07) is 4.33. The van der Waals surface area contributed by atoms with Crippen LogP contribution in [0.4, 0.5) is 0 Å². The van der Waals surface area contributed by atoms with E-state index in [9.17, 15) is 14.7 Å². The van der Waals surface area contributed by atoms with Gasteiger partial charge in [-0.25, -0.2) is 0 Å². The van der Waals surface area contributed by atoms with Gasteiger partial charge in [0.2, 0.25) is 0 Å². The summed E-state index contributed by atoms with van der Waals surface area (Å²) in [5.41, 5.74) is 0.0862. The predicted octanol–water partition coefficient (Wildman–Crippen LogP) is 1.87. The minimum absolute atomic E-state index is 0.0862. The molecular weight excluding hydrogens is 260 g/mol. The van der Waals surface area contributed by atoms with Crippen molar-refractivity contribution in [2.75, 3.05) is 14.2 Å². The third-order valence-electron chi connectivity index (χ3n) is 3.03. The molecule has 1 aromatic carbocycles. The summed E-state index contributed by atoms with van der Waals surface area (Å²) < 4.78 is 9.87. The minimum atomic E-state index is -0.937. The molecule has 1 aromatic rings. The van der Waals surface area contributed by atoms with Crippen LogP contribution in [0.3, 0.4) is 0 Å². The molecule has 0 aromatic heterocycles. The van der Waals surface area contributed by atoms with E-state index in [4.69, 9.17) is 9.47 Å². The number of Topliss-reactive ketones (excluding diaryl/α,β-unsaturated/α-hetero) is 1. The molecule has 1 aliphatic rings. The van der Waals surface area contributed by atoms with Gasteiger partial charge in [0, 0.05) is 12.1 Å². The first-order valence-corrected chi connectivity index (χ1v) is 5.95. The Morgan fingerprint density at radius 1 is 1.25 bits per heavy atom. The maximum absolute atomic E-state index is 12.3. The summed E-state index contributed by atoms with van der Waals surface area (Å²) in [4.78, 5) is 24.2. The van der Waals surface area contributed by atoms with Crippen LogP contribution in [0.15, 0.2) is 42.2 Å². The number of ketones is 2. The number of carbonyl (C=O) groups is 2. The van der Waals surface area contributed by atoms with Gasteiger partial charge < -0.3 is 14.6 Å². The van der Waals surface area contributed by atoms with Crippen LogP contribution in [0, 0.1) is 5.92 Å². The van der Waals surface area contributed by atoms with E-state index in [2.05, 4.69) is 0 Å². The van der Waals surface area contributed by atoms with Crippen molar-refractivity contribution in [2.24, 2.45) is 5.92 Å². The summed E-state index contributed by atoms with van der Waals surface area (Å²) in [5.74, 6) is -1.14. The first kappa shape index (κ1) is 13.9. The molecule has 0 heterocycles. The van der Waals surface area contributed by atoms with E-state index in [0.29, 0.717) is 11.5 Å².